The van der Waals surface area contributed by atoms with Crippen LogP contribution >= 0.6 is 23.2 Å². The first kappa shape index (κ1) is 21.3. The third kappa shape index (κ3) is 3.56. The molecule has 2 aromatic carbocycles. The number of halogens is 2. The fraction of sp³-hybridized carbons (Fsp3) is 0.217. The van der Waals surface area contributed by atoms with Crippen LogP contribution in [0, 0.1) is 11.3 Å². The first-order valence-corrected chi connectivity index (χ1v) is 10.3. The second-order valence-corrected chi connectivity index (χ2v) is 9.05. The first-order valence-electron chi connectivity index (χ1n) is 9.55. The van der Waals surface area contributed by atoms with Crippen molar-refractivity contribution in [3.05, 3.63) is 74.9 Å². The predicted molar refractivity (Wildman–Crippen MR) is 117 cm³/mol. The number of carbonyl (C=O) groups is 3. The zero-order valence-corrected chi connectivity index (χ0v) is 18.2. The highest BCUT2D eigenvalue weighted by molar-refractivity contribution is 6.41. The molecule has 1 aliphatic rings. The maximum Gasteiger partial charge on any atom is 0.335 e. The number of nitrogens with zero attached hydrogens (tertiary/aromatic N) is 1. The molecule has 0 aliphatic heterocycles. The summed E-state index contributed by atoms with van der Waals surface area (Å²) in [6, 6.07) is 10.9. The Morgan fingerprint density at radius 1 is 1.10 bits per heavy atom. The van der Waals surface area contributed by atoms with Gasteiger partial charge in [0, 0.05) is 11.3 Å². The zero-order valence-electron chi connectivity index (χ0n) is 16.7. The standard InChI is InChI=1S/C23H18Cl2N2O4/c1-23(2)10-15-17(19(27-26-15)11-6-8-12(9-7-11)22(30)31)21(29)18(23)20(28)16-13(24)4-3-5-14(16)25/h3-9,18H,10H2,1-2H3,(H,26,27)(H,30,31). The van der Waals surface area contributed by atoms with Gasteiger partial charge >= 0.3 is 5.97 Å². The third-order valence-electron chi connectivity index (χ3n) is 5.64. The molecule has 0 fully saturated rings. The van der Waals surface area contributed by atoms with E-state index in [1.807, 2.05) is 13.8 Å². The number of hydrogen-bond acceptors (Lipinski definition) is 4. The number of aromatic nitrogens is 2. The van der Waals surface area contributed by atoms with Crippen LogP contribution in [0.1, 0.15) is 50.6 Å². The van der Waals surface area contributed by atoms with Crippen molar-refractivity contribution in [3.8, 4) is 11.3 Å². The number of rotatable bonds is 4. The smallest absolute Gasteiger partial charge is 0.335 e. The second kappa shape index (κ2) is 7.62. The van der Waals surface area contributed by atoms with Crippen LogP contribution in [-0.2, 0) is 6.42 Å². The number of nitrogens with one attached hydrogen (secondary N) is 1. The summed E-state index contributed by atoms with van der Waals surface area (Å²) in [6.07, 6.45) is 0.423. The molecule has 0 spiro atoms. The van der Waals surface area contributed by atoms with Crippen LogP contribution in [0.5, 0.6) is 0 Å². The Labute approximate surface area is 188 Å². The number of Topliss-reactive ketones (excluding diaryl/α,β-unsaturated/α-hetero) is 2. The van der Waals surface area contributed by atoms with Gasteiger partial charge in [-0.05, 0) is 36.1 Å². The molecule has 1 aliphatic carbocycles. The van der Waals surface area contributed by atoms with Gasteiger partial charge < -0.3 is 5.11 Å². The van der Waals surface area contributed by atoms with Gasteiger partial charge in [0.15, 0.2) is 11.6 Å². The molecule has 3 aromatic rings. The van der Waals surface area contributed by atoms with Gasteiger partial charge in [0.05, 0.1) is 32.7 Å². The molecular weight excluding hydrogens is 439 g/mol. The number of fused-ring (bicyclic) bond motifs is 1. The summed E-state index contributed by atoms with van der Waals surface area (Å²) in [5.74, 6) is -2.83. The number of carboxylic acid groups (broad SMARTS) is 1. The molecule has 6 nitrogen and oxygen atoms in total. The Morgan fingerprint density at radius 3 is 2.29 bits per heavy atom. The second-order valence-electron chi connectivity index (χ2n) is 8.23. The zero-order chi connectivity index (χ0) is 22.5. The molecule has 0 amide bonds. The Bertz CT molecular complexity index is 1210. The summed E-state index contributed by atoms with van der Waals surface area (Å²) < 4.78 is 0. The van der Waals surface area contributed by atoms with Crippen molar-refractivity contribution in [2.45, 2.75) is 20.3 Å². The number of carboxylic acids is 1. The highest BCUT2D eigenvalue weighted by atomic mass is 35.5. The van der Waals surface area contributed by atoms with E-state index in [9.17, 15) is 14.4 Å². The van der Waals surface area contributed by atoms with Gasteiger partial charge in [-0.25, -0.2) is 4.79 Å². The van der Waals surface area contributed by atoms with E-state index in [-0.39, 0.29) is 27.0 Å². The van der Waals surface area contributed by atoms with Crippen molar-refractivity contribution < 1.29 is 19.5 Å². The molecule has 8 heteroatoms. The number of aromatic carboxylic acids is 1. The summed E-state index contributed by atoms with van der Waals surface area (Å²) in [7, 11) is 0. The van der Waals surface area contributed by atoms with E-state index in [0.29, 0.717) is 28.9 Å². The summed E-state index contributed by atoms with van der Waals surface area (Å²) in [4.78, 5) is 38.2. The number of carbonyl (C=O) groups excluding carboxylic acids is 2. The molecule has 0 saturated carbocycles. The fourth-order valence-electron chi connectivity index (χ4n) is 4.16. The van der Waals surface area contributed by atoms with E-state index >= 15 is 0 Å². The Hall–Kier alpha value is -2.96. The SMILES string of the molecule is CC1(C)Cc2[nH]nc(-c3ccc(C(=O)O)cc3)c2C(=O)C1C(=O)c1c(Cl)cccc1Cl. The Balaban J connectivity index is 1.80. The highest BCUT2D eigenvalue weighted by Gasteiger charge is 2.48. The number of aromatic amines is 1. The molecule has 0 saturated heterocycles. The van der Waals surface area contributed by atoms with Crippen LogP contribution in [-0.4, -0.2) is 32.8 Å². The predicted octanol–water partition coefficient (Wildman–Crippen LogP) is 5.35. The van der Waals surface area contributed by atoms with Crippen molar-refractivity contribution in [2.75, 3.05) is 0 Å². The van der Waals surface area contributed by atoms with Crippen molar-refractivity contribution >= 4 is 40.7 Å². The van der Waals surface area contributed by atoms with Gasteiger partial charge in [0.25, 0.3) is 0 Å². The molecule has 1 heterocycles. The van der Waals surface area contributed by atoms with Gasteiger partial charge in [0.1, 0.15) is 5.69 Å². The van der Waals surface area contributed by atoms with Crippen LogP contribution < -0.4 is 0 Å². The normalized spacial score (nSPS) is 17.3. The molecule has 158 valence electrons. The van der Waals surface area contributed by atoms with Gasteiger partial charge in [-0.3, -0.25) is 14.7 Å². The average molecular weight is 457 g/mol. The molecule has 31 heavy (non-hydrogen) atoms. The van der Waals surface area contributed by atoms with Crippen molar-refractivity contribution in [1.82, 2.24) is 10.2 Å². The molecule has 1 atom stereocenters. The van der Waals surface area contributed by atoms with E-state index in [4.69, 9.17) is 28.3 Å². The van der Waals surface area contributed by atoms with Crippen LogP contribution in [0.4, 0.5) is 0 Å². The van der Waals surface area contributed by atoms with E-state index in [1.54, 1.807) is 30.3 Å². The number of ketones is 2. The molecule has 1 aromatic heterocycles. The Morgan fingerprint density at radius 2 is 1.71 bits per heavy atom. The minimum absolute atomic E-state index is 0.127. The monoisotopic (exact) mass is 456 g/mol. The van der Waals surface area contributed by atoms with E-state index in [0.717, 1.165) is 0 Å². The maximum absolute atomic E-state index is 13.6. The van der Waals surface area contributed by atoms with E-state index in [1.165, 1.54) is 12.1 Å². The Kier molecular flexibility index (Phi) is 5.23. The summed E-state index contributed by atoms with van der Waals surface area (Å²) in [5.41, 5.74) is 1.51. The number of benzene rings is 2. The third-order valence-corrected chi connectivity index (χ3v) is 6.27. The summed E-state index contributed by atoms with van der Waals surface area (Å²) >= 11 is 12.5. The van der Waals surface area contributed by atoms with Gasteiger partial charge in [-0.15, -0.1) is 0 Å². The first-order chi connectivity index (χ1) is 14.6. The van der Waals surface area contributed by atoms with Crippen molar-refractivity contribution in [3.63, 3.8) is 0 Å². The van der Waals surface area contributed by atoms with Crippen LogP contribution in [0.2, 0.25) is 10.0 Å². The molecule has 2 N–H and O–H groups in total. The minimum atomic E-state index is -1.05. The number of H-pyrrole nitrogens is 1. The molecule has 0 bridgehead atoms. The maximum atomic E-state index is 13.6. The topological polar surface area (TPSA) is 100 Å². The van der Waals surface area contributed by atoms with Crippen LogP contribution in [0.15, 0.2) is 42.5 Å². The molecule has 0 radical (unpaired) electrons. The van der Waals surface area contributed by atoms with Crippen molar-refractivity contribution in [1.29, 1.82) is 0 Å². The largest absolute Gasteiger partial charge is 0.478 e. The lowest BCUT2D eigenvalue weighted by molar-refractivity contribution is 0.0645. The average Bonchev–Trinajstić information content (AvgIpc) is 3.10. The lowest BCUT2D eigenvalue weighted by Gasteiger charge is -2.36. The highest BCUT2D eigenvalue weighted by Crippen LogP contribution is 2.44. The van der Waals surface area contributed by atoms with E-state index < -0.39 is 23.1 Å². The summed E-state index contributed by atoms with van der Waals surface area (Å²) in [6.45, 7) is 3.70. The van der Waals surface area contributed by atoms with Gasteiger partial charge in [0.2, 0.25) is 0 Å². The molecule has 4 rings (SSSR count). The van der Waals surface area contributed by atoms with Gasteiger partial charge in [-0.1, -0.05) is 55.2 Å². The lowest BCUT2D eigenvalue weighted by Crippen LogP contribution is -2.43. The number of hydrogen-bond donors (Lipinski definition) is 2. The molecule has 1 unspecified atom stereocenters. The fourth-order valence-corrected chi connectivity index (χ4v) is 4.74. The summed E-state index contributed by atoms with van der Waals surface area (Å²) in [5, 5.41) is 16.7. The van der Waals surface area contributed by atoms with Crippen molar-refractivity contribution in [2.24, 2.45) is 11.3 Å². The van der Waals surface area contributed by atoms with Gasteiger partial charge in [-0.2, -0.15) is 5.10 Å². The minimum Gasteiger partial charge on any atom is -0.478 e. The van der Waals surface area contributed by atoms with E-state index in [2.05, 4.69) is 10.2 Å². The lowest BCUT2D eigenvalue weighted by atomic mass is 9.64. The quantitative estimate of drug-likeness (QED) is 0.407. The van der Waals surface area contributed by atoms with Crippen LogP contribution in [0.25, 0.3) is 11.3 Å². The van der Waals surface area contributed by atoms with Crippen LogP contribution in [0.3, 0.4) is 0 Å². The molecular formula is C23H18Cl2N2O4.